The third-order valence-electron chi connectivity index (χ3n) is 2.85. The van der Waals surface area contributed by atoms with E-state index in [-0.39, 0.29) is 6.04 Å². The first-order valence-corrected chi connectivity index (χ1v) is 5.15. The molecular weight excluding hydrogens is 221 g/mol. The van der Waals surface area contributed by atoms with Crippen LogP contribution in [0.5, 0.6) is 0 Å². The maximum atomic E-state index is 10.1. The molecule has 0 bridgehead atoms. The fourth-order valence-electron chi connectivity index (χ4n) is 1.86. The fraction of sp³-hybridized carbons (Fsp3) is 0.400. The molecule has 14 heavy (non-hydrogen) atoms. The van der Waals surface area contributed by atoms with Crippen molar-refractivity contribution in [1.29, 1.82) is 0 Å². The number of rotatable bonds is 0. The average Bonchev–Trinajstić information content (AvgIpc) is 2.28. The molecule has 3 N–H and O–H groups in total. The fourth-order valence-corrected chi connectivity index (χ4v) is 2.21. The molecule has 0 radical (unpaired) electrons. The van der Waals surface area contributed by atoms with Gasteiger partial charge in [-0.05, 0) is 36.6 Å². The van der Waals surface area contributed by atoms with Gasteiger partial charge in [0.15, 0.2) is 0 Å². The molecule has 0 aromatic heterocycles. The van der Waals surface area contributed by atoms with Gasteiger partial charge in [0.1, 0.15) is 5.60 Å². The molecule has 0 saturated carbocycles. The van der Waals surface area contributed by atoms with E-state index < -0.39 is 5.60 Å². The van der Waals surface area contributed by atoms with Crippen LogP contribution in [0.1, 0.15) is 18.1 Å². The Kier molecular flexibility index (Phi) is 2.27. The van der Waals surface area contributed by atoms with E-state index in [0.29, 0.717) is 16.5 Å². The molecule has 4 heteroatoms. The molecule has 1 aromatic rings. The minimum Gasteiger partial charge on any atom is -0.384 e. The van der Waals surface area contributed by atoms with Crippen molar-refractivity contribution < 1.29 is 5.11 Å². The van der Waals surface area contributed by atoms with E-state index in [1.54, 1.807) is 19.1 Å². The van der Waals surface area contributed by atoms with Crippen molar-refractivity contribution in [2.75, 3.05) is 0 Å². The lowest BCUT2D eigenvalue weighted by Gasteiger charge is -2.23. The molecule has 0 saturated heterocycles. The first-order valence-electron chi connectivity index (χ1n) is 4.39. The van der Waals surface area contributed by atoms with Crippen LogP contribution < -0.4 is 5.73 Å². The third-order valence-corrected chi connectivity index (χ3v) is 3.58. The number of halogens is 2. The molecule has 0 aliphatic heterocycles. The van der Waals surface area contributed by atoms with Crippen molar-refractivity contribution in [2.45, 2.75) is 25.0 Å². The molecule has 76 valence electrons. The van der Waals surface area contributed by atoms with Gasteiger partial charge in [-0.3, -0.25) is 0 Å². The third kappa shape index (κ3) is 1.34. The molecule has 1 aliphatic carbocycles. The van der Waals surface area contributed by atoms with Gasteiger partial charge >= 0.3 is 0 Å². The Labute approximate surface area is 92.6 Å². The van der Waals surface area contributed by atoms with Crippen LogP contribution in [0.4, 0.5) is 0 Å². The number of benzene rings is 1. The molecule has 2 atom stereocenters. The van der Waals surface area contributed by atoms with Gasteiger partial charge in [0, 0.05) is 6.04 Å². The van der Waals surface area contributed by atoms with E-state index in [0.717, 1.165) is 11.1 Å². The van der Waals surface area contributed by atoms with E-state index in [9.17, 15) is 5.11 Å². The van der Waals surface area contributed by atoms with Crippen molar-refractivity contribution in [3.05, 3.63) is 33.3 Å². The van der Waals surface area contributed by atoms with Crippen LogP contribution >= 0.6 is 23.2 Å². The molecule has 0 amide bonds. The second kappa shape index (κ2) is 3.11. The average molecular weight is 232 g/mol. The first kappa shape index (κ1) is 10.2. The molecule has 1 aliphatic rings. The summed E-state index contributed by atoms with van der Waals surface area (Å²) in [5.74, 6) is 0. The minimum absolute atomic E-state index is 0.285. The summed E-state index contributed by atoms with van der Waals surface area (Å²) in [5, 5.41) is 11.1. The lowest BCUT2D eigenvalue weighted by molar-refractivity contribution is 0.0412. The van der Waals surface area contributed by atoms with Crippen molar-refractivity contribution in [1.82, 2.24) is 0 Å². The van der Waals surface area contributed by atoms with Crippen LogP contribution in [0.3, 0.4) is 0 Å². The molecular formula is C10H11Cl2NO. The number of hydrogen-bond donors (Lipinski definition) is 2. The van der Waals surface area contributed by atoms with Crippen LogP contribution in [0.15, 0.2) is 12.1 Å². The Morgan fingerprint density at radius 3 is 2.64 bits per heavy atom. The molecule has 2 rings (SSSR count). The SMILES string of the molecule is C[C@@]1(O)c2cc(Cl)c(Cl)cc2C[C@H]1N. The van der Waals surface area contributed by atoms with Crippen LogP contribution in [-0.4, -0.2) is 11.1 Å². The summed E-state index contributed by atoms with van der Waals surface area (Å²) in [6.07, 6.45) is 0.638. The van der Waals surface area contributed by atoms with Gasteiger partial charge in [-0.15, -0.1) is 0 Å². The van der Waals surface area contributed by atoms with Crippen molar-refractivity contribution >= 4 is 23.2 Å². The Morgan fingerprint density at radius 2 is 2.00 bits per heavy atom. The summed E-state index contributed by atoms with van der Waals surface area (Å²) in [7, 11) is 0. The molecule has 0 unspecified atom stereocenters. The lowest BCUT2D eigenvalue weighted by Crippen LogP contribution is -2.39. The summed E-state index contributed by atoms with van der Waals surface area (Å²) < 4.78 is 0. The molecule has 0 fully saturated rings. The molecule has 0 spiro atoms. The van der Waals surface area contributed by atoms with Crippen molar-refractivity contribution in [3.63, 3.8) is 0 Å². The zero-order valence-electron chi connectivity index (χ0n) is 7.72. The van der Waals surface area contributed by atoms with E-state index >= 15 is 0 Å². The lowest BCUT2D eigenvalue weighted by atomic mass is 9.96. The van der Waals surface area contributed by atoms with Gasteiger partial charge in [0.05, 0.1) is 10.0 Å². The van der Waals surface area contributed by atoms with Crippen LogP contribution in [0.25, 0.3) is 0 Å². The Balaban J connectivity index is 2.61. The number of nitrogens with two attached hydrogens (primary N) is 1. The normalized spacial score (nSPS) is 30.5. The number of fused-ring (bicyclic) bond motifs is 1. The monoisotopic (exact) mass is 231 g/mol. The van der Waals surface area contributed by atoms with Crippen molar-refractivity contribution in [2.24, 2.45) is 5.73 Å². The summed E-state index contributed by atoms with van der Waals surface area (Å²) in [6.45, 7) is 1.70. The van der Waals surface area contributed by atoms with E-state index in [2.05, 4.69) is 0 Å². The maximum Gasteiger partial charge on any atom is 0.102 e. The standard InChI is InChI=1S/C10H11Cl2NO/c1-10(14)6-4-8(12)7(11)2-5(6)3-9(10)13/h2,4,9,14H,3,13H2,1H3/t9-,10-/m1/s1. The largest absolute Gasteiger partial charge is 0.384 e. The van der Waals surface area contributed by atoms with E-state index in [1.807, 2.05) is 0 Å². The van der Waals surface area contributed by atoms with Gasteiger partial charge in [0.2, 0.25) is 0 Å². The van der Waals surface area contributed by atoms with Crippen LogP contribution in [0, 0.1) is 0 Å². The Morgan fingerprint density at radius 1 is 1.43 bits per heavy atom. The highest BCUT2D eigenvalue weighted by Crippen LogP contribution is 2.39. The second-order valence-corrected chi connectivity index (χ2v) is 4.70. The van der Waals surface area contributed by atoms with Crippen LogP contribution in [-0.2, 0) is 12.0 Å². The Bertz CT molecular complexity index is 390. The Hall–Kier alpha value is -0.280. The topological polar surface area (TPSA) is 46.2 Å². The summed E-state index contributed by atoms with van der Waals surface area (Å²) >= 11 is 11.8. The van der Waals surface area contributed by atoms with Gasteiger partial charge in [-0.25, -0.2) is 0 Å². The predicted octanol–water partition coefficient (Wildman–Crippen LogP) is 2.08. The van der Waals surface area contributed by atoms with Gasteiger partial charge in [-0.2, -0.15) is 0 Å². The first-order chi connectivity index (χ1) is 6.43. The number of aliphatic hydroxyl groups is 1. The summed E-state index contributed by atoms with van der Waals surface area (Å²) in [5.41, 5.74) is 6.60. The van der Waals surface area contributed by atoms with Gasteiger partial charge in [-0.1, -0.05) is 23.2 Å². The second-order valence-electron chi connectivity index (χ2n) is 3.88. The zero-order chi connectivity index (χ0) is 10.5. The van der Waals surface area contributed by atoms with Gasteiger partial charge < -0.3 is 10.8 Å². The zero-order valence-corrected chi connectivity index (χ0v) is 9.23. The highest BCUT2D eigenvalue weighted by molar-refractivity contribution is 6.42. The van der Waals surface area contributed by atoms with E-state index in [1.165, 1.54) is 0 Å². The molecule has 2 nitrogen and oxygen atoms in total. The quantitative estimate of drug-likeness (QED) is 0.719. The smallest absolute Gasteiger partial charge is 0.102 e. The summed E-state index contributed by atoms with van der Waals surface area (Å²) in [4.78, 5) is 0. The highest BCUT2D eigenvalue weighted by atomic mass is 35.5. The molecule has 1 aromatic carbocycles. The van der Waals surface area contributed by atoms with E-state index in [4.69, 9.17) is 28.9 Å². The predicted molar refractivity (Wildman–Crippen MR) is 57.7 cm³/mol. The maximum absolute atomic E-state index is 10.1. The minimum atomic E-state index is -0.996. The highest BCUT2D eigenvalue weighted by Gasteiger charge is 2.39. The molecule has 0 heterocycles. The van der Waals surface area contributed by atoms with Crippen LogP contribution in [0.2, 0.25) is 10.0 Å². The van der Waals surface area contributed by atoms with Crippen molar-refractivity contribution in [3.8, 4) is 0 Å². The van der Waals surface area contributed by atoms with Gasteiger partial charge in [0.25, 0.3) is 0 Å². The number of hydrogen-bond acceptors (Lipinski definition) is 2. The summed E-state index contributed by atoms with van der Waals surface area (Å²) in [6, 6.07) is 3.19.